The summed E-state index contributed by atoms with van der Waals surface area (Å²) in [5.74, 6) is 0.536. The molecule has 1 fully saturated rings. The van der Waals surface area contributed by atoms with Gasteiger partial charge in [-0.05, 0) is 57.5 Å². The second kappa shape index (κ2) is 12.0. The largest absolute Gasteiger partial charge is 0.341 e. The number of carbonyl (C=O) groups excluding carboxylic acids is 1. The molecular formula is C26H36FN3O. The predicted molar refractivity (Wildman–Crippen MR) is 124 cm³/mol. The minimum absolute atomic E-state index is 0.131. The Balaban J connectivity index is 1.57. The number of halogens is 1. The van der Waals surface area contributed by atoms with Crippen LogP contribution in [-0.2, 0) is 17.8 Å². The van der Waals surface area contributed by atoms with Crippen molar-refractivity contribution in [3.05, 3.63) is 71.5 Å². The smallest absolute Gasteiger partial charge is 0.222 e. The maximum absolute atomic E-state index is 14.1. The van der Waals surface area contributed by atoms with Crippen LogP contribution in [0.25, 0.3) is 0 Å². The molecule has 0 aliphatic carbocycles. The molecule has 0 unspecified atom stereocenters. The Bertz CT molecular complexity index is 811. The van der Waals surface area contributed by atoms with Crippen molar-refractivity contribution in [3.63, 3.8) is 0 Å². The van der Waals surface area contributed by atoms with Gasteiger partial charge in [0.05, 0.1) is 0 Å². The number of carbonyl (C=O) groups is 1. The third-order valence-corrected chi connectivity index (χ3v) is 6.07. The summed E-state index contributed by atoms with van der Waals surface area (Å²) in [5.41, 5.74) is 1.96. The van der Waals surface area contributed by atoms with Crippen LogP contribution in [0.3, 0.4) is 0 Å². The Kier molecular flexibility index (Phi) is 9.04. The molecule has 0 aromatic heterocycles. The first-order chi connectivity index (χ1) is 15.0. The van der Waals surface area contributed by atoms with E-state index in [-0.39, 0.29) is 11.7 Å². The Morgan fingerprint density at radius 2 is 1.81 bits per heavy atom. The summed E-state index contributed by atoms with van der Waals surface area (Å²) >= 11 is 0. The lowest BCUT2D eigenvalue weighted by molar-refractivity contribution is -0.132. The number of likely N-dealkylation sites (tertiary alicyclic amines) is 1. The first-order valence-electron chi connectivity index (χ1n) is 11.4. The molecule has 0 radical (unpaired) electrons. The monoisotopic (exact) mass is 425 g/mol. The Hall–Kier alpha value is -2.24. The van der Waals surface area contributed by atoms with Gasteiger partial charge < -0.3 is 9.80 Å². The average Bonchev–Trinajstić information content (AvgIpc) is 2.77. The van der Waals surface area contributed by atoms with E-state index in [1.165, 1.54) is 11.6 Å². The number of amides is 1. The highest BCUT2D eigenvalue weighted by Crippen LogP contribution is 2.21. The fraction of sp³-hybridized carbons (Fsp3) is 0.500. The minimum atomic E-state index is -0.131. The summed E-state index contributed by atoms with van der Waals surface area (Å²) in [6.07, 6.45) is 3.54. The first-order valence-corrected chi connectivity index (χ1v) is 11.4. The predicted octanol–water partition coefficient (Wildman–Crippen LogP) is 4.06. The van der Waals surface area contributed by atoms with Gasteiger partial charge in [-0.1, -0.05) is 48.5 Å². The van der Waals surface area contributed by atoms with Crippen LogP contribution in [0.2, 0.25) is 0 Å². The van der Waals surface area contributed by atoms with Gasteiger partial charge in [-0.25, -0.2) is 4.39 Å². The molecule has 1 atom stereocenters. The lowest BCUT2D eigenvalue weighted by Crippen LogP contribution is -2.44. The zero-order valence-corrected chi connectivity index (χ0v) is 19.0. The van der Waals surface area contributed by atoms with E-state index in [9.17, 15) is 9.18 Å². The Morgan fingerprint density at radius 3 is 2.55 bits per heavy atom. The van der Waals surface area contributed by atoms with Crippen molar-refractivity contribution in [1.29, 1.82) is 0 Å². The van der Waals surface area contributed by atoms with Crippen molar-refractivity contribution in [2.45, 2.75) is 32.2 Å². The highest BCUT2D eigenvalue weighted by Gasteiger charge is 2.25. The minimum Gasteiger partial charge on any atom is -0.341 e. The summed E-state index contributed by atoms with van der Waals surface area (Å²) in [6.45, 7) is 4.95. The maximum Gasteiger partial charge on any atom is 0.222 e. The maximum atomic E-state index is 14.1. The van der Waals surface area contributed by atoms with Crippen LogP contribution in [0.1, 0.15) is 30.4 Å². The molecule has 168 valence electrons. The SMILES string of the molecule is CN(C)CCN(C[C@H]1CCCN(Cc2ccccc2F)C1)C(=O)CCc1ccccc1. The summed E-state index contributed by atoms with van der Waals surface area (Å²) in [4.78, 5) is 19.6. The number of piperidine rings is 1. The lowest BCUT2D eigenvalue weighted by Gasteiger charge is -2.36. The highest BCUT2D eigenvalue weighted by molar-refractivity contribution is 5.76. The highest BCUT2D eigenvalue weighted by atomic mass is 19.1. The van der Waals surface area contributed by atoms with Gasteiger partial charge in [0.2, 0.25) is 5.91 Å². The number of benzene rings is 2. The molecule has 1 aliphatic rings. The quantitative estimate of drug-likeness (QED) is 0.574. The van der Waals surface area contributed by atoms with Crippen LogP contribution < -0.4 is 0 Å². The fourth-order valence-electron chi connectivity index (χ4n) is 4.32. The topological polar surface area (TPSA) is 26.8 Å². The normalized spacial score (nSPS) is 17.1. The average molecular weight is 426 g/mol. The van der Waals surface area contributed by atoms with E-state index < -0.39 is 0 Å². The summed E-state index contributed by atoms with van der Waals surface area (Å²) < 4.78 is 14.1. The van der Waals surface area contributed by atoms with Gasteiger partial charge >= 0.3 is 0 Å². The first kappa shape index (κ1) is 23.4. The van der Waals surface area contributed by atoms with Crippen LogP contribution in [0.4, 0.5) is 4.39 Å². The number of nitrogens with zero attached hydrogens (tertiary/aromatic N) is 3. The number of likely N-dealkylation sites (N-methyl/N-ethyl adjacent to an activating group) is 1. The molecule has 5 heteroatoms. The zero-order chi connectivity index (χ0) is 22.1. The summed E-state index contributed by atoms with van der Waals surface area (Å²) in [6, 6.07) is 17.3. The third kappa shape index (κ3) is 7.75. The van der Waals surface area contributed by atoms with Gasteiger partial charge in [-0.15, -0.1) is 0 Å². The van der Waals surface area contributed by atoms with E-state index in [1.54, 1.807) is 6.07 Å². The van der Waals surface area contributed by atoms with E-state index >= 15 is 0 Å². The fourth-order valence-corrected chi connectivity index (χ4v) is 4.32. The van der Waals surface area contributed by atoms with Crippen molar-refractivity contribution >= 4 is 5.91 Å². The molecule has 4 nitrogen and oxygen atoms in total. The van der Waals surface area contributed by atoms with E-state index in [2.05, 4.69) is 26.8 Å². The van der Waals surface area contributed by atoms with Gasteiger partial charge in [0.25, 0.3) is 0 Å². The number of rotatable bonds is 10. The molecule has 1 saturated heterocycles. The molecule has 0 bridgehead atoms. The van der Waals surface area contributed by atoms with Gasteiger partial charge in [-0.2, -0.15) is 0 Å². The second-order valence-electron chi connectivity index (χ2n) is 8.96. The molecule has 1 heterocycles. The van der Waals surface area contributed by atoms with Crippen LogP contribution in [0.15, 0.2) is 54.6 Å². The number of hydrogen-bond donors (Lipinski definition) is 0. The molecular weight excluding hydrogens is 389 g/mol. The molecule has 0 saturated carbocycles. The molecule has 2 aromatic rings. The molecule has 0 N–H and O–H groups in total. The number of aryl methyl sites for hydroxylation is 1. The van der Waals surface area contributed by atoms with Crippen molar-refractivity contribution in [3.8, 4) is 0 Å². The van der Waals surface area contributed by atoms with Crippen molar-refractivity contribution in [2.75, 3.05) is 46.8 Å². The van der Waals surface area contributed by atoms with Crippen LogP contribution >= 0.6 is 0 Å². The standard InChI is InChI=1S/C26H36FN3O/c1-28(2)17-18-30(26(31)15-14-22-9-4-3-5-10-22)20-23-11-8-16-29(19-23)21-24-12-6-7-13-25(24)27/h3-7,9-10,12-13,23H,8,11,14-21H2,1-2H3/t23-/m0/s1. The lowest BCUT2D eigenvalue weighted by atomic mass is 9.96. The van der Waals surface area contributed by atoms with E-state index in [1.807, 2.05) is 44.4 Å². The second-order valence-corrected chi connectivity index (χ2v) is 8.96. The zero-order valence-electron chi connectivity index (χ0n) is 19.0. The van der Waals surface area contributed by atoms with Gasteiger partial charge in [-0.3, -0.25) is 9.69 Å². The van der Waals surface area contributed by atoms with Crippen molar-refractivity contribution in [2.24, 2.45) is 5.92 Å². The Morgan fingerprint density at radius 1 is 1.06 bits per heavy atom. The Labute approximate surface area is 186 Å². The van der Waals surface area contributed by atoms with E-state index in [0.717, 1.165) is 57.5 Å². The molecule has 1 aliphatic heterocycles. The molecule has 3 rings (SSSR count). The van der Waals surface area contributed by atoms with Crippen molar-refractivity contribution in [1.82, 2.24) is 14.7 Å². The van der Waals surface area contributed by atoms with Crippen LogP contribution in [0.5, 0.6) is 0 Å². The molecule has 31 heavy (non-hydrogen) atoms. The van der Waals surface area contributed by atoms with Crippen molar-refractivity contribution < 1.29 is 9.18 Å². The number of hydrogen-bond acceptors (Lipinski definition) is 3. The molecule has 2 aromatic carbocycles. The summed E-state index contributed by atoms with van der Waals surface area (Å²) in [7, 11) is 4.09. The summed E-state index contributed by atoms with van der Waals surface area (Å²) in [5, 5.41) is 0. The van der Waals surface area contributed by atoms with Crippen LogP contribution in [0, 0.1) is 11.7 Å². The van der Waals surface area contributed by atoms with E-state index in [4.69, 9.17) is 0 Å². The van der Waals surface area contributed by atoms with Gasteiger partial charge in [0.15, 0.2) is 0 Å². The third-order valence-electron chi connectivity index (χ3n) is 6.07. The molecule has 0 spiro atoms. The van der Waals surface area contributed by atoms with E-state index in [0.29, 0.717) is 18.9 Å². The molecule has 1 amide bonds. The van der Waals surface area contributed by atoms with Gasteiger partial charge in [0, 0.05) is 44.7 Å². The van der Waals surface area contributed by atoms with Gasteiger partial charge in [0.1, 0.15) is 5.82 Å². The van der Waals surface area contributed by atoms with Crippen LogP contribution in [-0.4, -0.2) is 67.4 Å².